The average molecular weight is 469 g/mol. The van der Waals surface area contributed by atoms with E-state index in [4.69, 9.17) is 4.74 Å². The fourth-order valence-corrected chi connectivity index (χ4v) is 3.73. The van der Waals surface area contributed by atoms with Gasteiger partial charge in [0.05, 0.1) is 23.8 Å². The number of pyridine rings is 1. The molecule has 0 saturated heterocycles. The van der Waals surface area contributed by atoms with Crippen LogP contribution in [0.5, 0.6) is 17.2 Å². The van der Waals surface area contributed by atoms with Crippen molar-refractivity contribution in [2.45, 2.75) is 30.6 Å². The Balaban J connectivity index is 1.96. The molecule has 1 aromatic carbocycles. The standard InChI is InChI=1S/C17H13F6N3O4S/c1-8-11(24-4-3-12(8)28-2)7-31(27)15-25-9-5-13(29-16(18,19)20)14(6-10(9)26-15)30-17(21,22)23/h3-6H,7H2,1-2H3,(H,25,26). The summed E-state index contributed by atoms with van der Waals surface area (Å²) < 4.78 is 101. The van der Waals surface area contributed by atoms with Crippen molar-refractivity contribution in [2.75, 3.05) is 7.11 Å². The second-order valence-electron chi connectivity index (χ2n) is 6.03. The lowest BCUT2D eigenvalue weighted by Crippen LogP contribution is -2.21. The molecule has 0 aliphatic heterocycles. The highest BCUT2D eigenvalue weighted by Gasteiger charge is 2.37. The second-order valence-corrected chi connectivity index (χ2v) is 7.39. The molecule has 0 saturated carbocycles. The topological polar surface area (TPSA) is 92.3 Å². The van der Waals surface area contributed by atoms with Gasteiger partial charge in [0.15, 0.2) is 17.3 Å². The summed E-state index contributed by atoms with van der Waals surface area (Å²) >= 11 is -1.85. The van der Waals surface area contributed by atoms with E-state index in [2.05, 4.69) is 24.4 Å². The van der Waals surface area contributed by atoms with Crippen molar-refractivity contribution in [3.63, 3.8) is 0 Å². The molecule has 2 heterocycles. The number of nitrogens with one attached hydrogen (secondary N) is 1. The zero-order chi connectivity index (χ0) is 23.0. The van der Waals surface area contributed by atoms with Crippen LogP contribution in [0.2, 0.25) is 0 Å². The highest BCUT2D eigenvalue weighted by molar-refractivity contribution is 7.90. The molecule has 7 nitrogen and oxygen atoms in total. The van der Waals surface area contributed by atoms with Crippen molar-refractivity contribution in [1.29, 1.82) is 0 Å². The molecule has 0 aliphatic rings. The molecular weight excluding hydrogens is 456 g/mol. The van der Waals surface area contributed by atoms with E-state index < -0.39 is 35.4 Å². The Morgan fingerprint density at radius 2 is 1.65 bits per heavy atom. The van der Waals surface area contributed by atoms with Crippen molar-refractivity contribution in [3.8, 4) is 17.2 Å². The first kappa shape index (κ1) is 22.8. The fraction of sp³-hybridized carbons (Fsp3) is 0.294. The maximum absolute atomic E-state index is 12.7. The summed E-state index contributed by atoms with van der Waals surface area (Å²) in [6.07, 6.45) is -9.09. The first-order chi connectivity index (χ1) is 14.4. The molecule has 1 N–H and O–H groups in total. The van der Waals surface area contributed by atoms with Crippen LogP contribution >= 0.6 is 0 Å². The minimum atomic E-state index is -5.27. The van der Waals surface area contributed by atoms with E-state index in [-0.39, 0.29) is 21.9 Å². The molecule has 31 heavy (non-hydrogen) atoms. The van der Waals surface area contributed by atoms with Crippen molar-refractivity contribution >= 4 is 22.2 Å². The third-order valence-corrected chi connectivity index (χ3v) is 5.10. The number of imidazole rings is 1. The molecule has 0 amide bonds. The normalized spacial score (nSPS) is 13.3. The number of ether oxygens (including phenoxy) is 3. The first-order valence-corrected chi connectivity index (χ1v) is 9.60. The van der Waals surface area contributed by atoms with E-state index in [1.165, 1.54) is 13.3 Å². The van der Waals surface area contributed by atoms with Crippen molar-refractivity contribution in [2.24, 2.45) is 0 Å². The van der Waals surface area contributed by atoms with Crippen LogP contribution in [0, 0.1) is 6.92 Å². The van der Waals surface area contributed by atoms with E-state index in [9.17, 15) is 30.9 Å². The minimum Gasteiger partial charge on any atom is -0.609 e. The number of H-pyrrole nitrogens is 1. The number of methoxy groups -OCH3 is 1. The molecule has 1 unspecified atom stereocenters. The molecule has 0 aliphatic carbocycles. The summed E-state index contributed by atoms with van der Waals surface area (Å²) in [5.74, 6) is -2.09. The molecule has 3 rings (SSSR count). The molecule has 0 spiro atoms. The van der Waals surface area contributed by atoms with Gasteiger partial charge in [-0.25, -0.2) is 0 Å². The van der Waals surface area contributed by atoms with Gasteiger partial charge >= 0.3 is 17.9 Å². The Morgan fingerprint density at radius 1 is 1.03 bits per heavy atom. The molecule has 1 atom stereocenters. The van der Waals surface area contributed by atoms with Gasteiger partial charge in [0.2, 0.25) is 0 Å². The summed E-state index contributed by atoms with van der Waals surface area (Å²) in [7, 11) is 1.45. The van der Waals surface area contributed by atoms with Gasteiger partial charge in [0.25, 0.3) is 0 Å². The number of fused-ring (bicyclic) bond motifs is 1. The van der Waals surface area contributed by atoms with Gasteiger partial charge in [-0.15, -0.1) is 26.3 Å². The summed E-state index contributed by atoms with van der Waals surface area (Å²) in [5, 5.41) is -0.180. The Hall–Kier alpha value is -2.87. The van der Waals surface area contributed by atoms with Gasteiger partial charge < -0.3 is 18.8 Å². The molecule has 2 aromatic heterocycles. The van der Waals surface area contributed by atoms with E-state index in [0.717, 1.165) is 0 Å². The maximum atomic E-state index is 12.7. The van der Waals surface area contributed by atoms with Crippen molar-refractivity contribution in [3.05, 3.63) is 35.7 Å². The molecule has 0 bridgehead atoms. The van der Waals surface area contributed by atoms with E-state index in [1.54, 1.807) is 13.0 Å². The summed E-state index contributed by atoms with van der Waals surface area (Å²) in [6, 6.07) is 2.84. The van der Waals surface area contributed by atoms with Gasteiger partial charge in [-0.3, -0.25) is 9.97 Å². The number of hydrogen-bond donors (Lipinski definition) is 1. The number of rotatable bonds is 6. The van der Waals surface area contributed by atoms with Crippen LogP contribution in [0.3, 0.4) is 0 Å². The molecular formula is C17H13F6N3O4S. The highest BCUT2D eigenvalue weighted by Crippen LogP contribution is 2.38. The fourth-order valence-electron chi connectivity index (χ4n) is 2.63. The van der Waals surface area contributed by atoms with Gasteiger partial charge in [-0.2, -0.15) is 4.98 Å². The average Bonchev–Trinajstić information content (AvgIpc) is 3.04. The largest absolute Gasteiger partial charge is 0.609 e. The van der Waals surface area contributed by atoms with Gasteiger partial charge in [-0.1, -0.05) is 0 Å². The van der Waals surface area contributed by atoms with Gasteiger partial charge in [-0.05, 0) is 13.0 Å². The first-order valence-electron chi connectivity index (χ1n) is 8.28. The SMILES string of the molecule is COc1ccnc(C[S+]([O-])c2nc3cc(OC(F)(F)F)c(OC(F)(F)F)cc3[nH]2)c1C. The lowest BCUT2D eigenvalue weighted by Gasteiger charge is -2.15. The zero-order valence-electron chi connectivity index (χ0n) is 15.7. The molecule has 14 heteroatoms. The Labute approximate surface area is 173 Å². The van der Waals surface area contributed by atoms with Crippen LogP contribution in [0.15, 0.2) is 29.6 Å². The van der Waals surface area contributed by atoms with Crippen LogP contribution < -0.4 is 14.2 Å². The molecule has 168 valence electrons. The van der Waals surface area contributed by atoms with Crippen LogP contribution in [0.4, 0.5) is 26.3 Å². The van der Waals surface area contributed by atoms with Gasteiger partial charge in [0, 0.05) is 35.1 Å². The number of halogens is 6. The van der Waals surface area contributed by atoms with Crippen LogP contribution in [-0.4, -0.2) is 39.3 Å². The Bertz CT molecular complexity index is 1030. The number of nitrogens with zero attached hydrogens (tertiary/aromatic N) is 2. The third kappa shape index (κ3) is 5.64. The smallest absolute Gasteiger partial charge is 0.573 e. The zero-order valence-corrected chi connectivity index (χ0v) is 16.5. The number of alkyl halides is 6. The summed E-state index contributed by atoms with van der Waals surface area (Å²) in [5.41, 5.74) is 0.705. The molecule has 0 radical (unpaired) electrons. The monoisotopic (exact) mass is 469 g/mol. The van der Waals surface area contributed by atoms with Gasteiger partial charge in [0.1, 0.15) is 5.75 Å². The third-order valence-electron chi connectivity index (χ3n) is 3.94. The highest BCUT2D eigenvalue weighted by atomic mass is 32.2. The van der Waals surface area contributed by atoms with E-state index in [1.807, 2.05) is 0 Å². The second kappa shape index (κ2) is 8.34. The Morgan fingerprint density at radius 3 is 2.23 bits per heavy atom. The number of aromatic amines is 1. The van der Waals surface area contributed by atoms with Crippen LogP contribution in [-0.2, 0) is 16.9 Å². The van der Waals surface area contributed by atoms with Crippen molar-refractivity contribution in [1.82, 2.24) is 15.0 Å². The number of benzene rings is 1. The van der Waals surface area contributed by atoms with E-state index in [0.29, 0.717) is 29.1 Å². The predicted octanol–water partition coefficient (Wildman–Crippen LogP) is 4.38. The Kier molecular flexibility index (Phi) is 6.14. The van der Waals surface area contributed by atoms with E-state index >= 15 is 0 Å². The quantitative estimate of drug-likeness (QED) is 0.426. The maximum Gasteiger partial charge on any atom is 0.573 e. The number of aromatic nitrogens is 3. The predicted molar refractivity (Wildman–Crippen MR) is 95.1 cm³/mol. The molecule has 0 fully saturated rings. The van der Waals surface area contributed by atoms with Crippen molar-refractivity contribution < 1.29 is 45.1 Å². The molecule has 3 aromatic rings. The lowest BCUT2D eigenvalue weighted by atomic mass is 10.2. The lowest BCUT2D eigenvalue weighted by molar-refractivity contribution is -0.287. The summed E-state index contributed by atoms with van der Waals surface area (Å²) in [6.45, 7) is 1.69. The van der Waals surface area contributed by atoms with Crippen LogP contribution in [0.25, 0.3) is 11.0 Å². The number of hydrogen-bond acceptors (Lipinski definition) is 6. The summed E-state index contributed by atoms with van der Waals surface area (Å²) in [4.78, 5) is 10.5. The minimum absolute atomic E-state index is 0.124. The van der Waals surface area contributed by atoms with Crippen LogP contribution in [0.1, 0.15) is 11.3 Å².